The van der Waals surface area contributed by atoms with Crippen LogP contribution in [0.1, 0.15) is 44.7 Å². The maximum atomic E-state index is 5.94. The van der Waals surface area contributed by atoms with Crippen molar-refractivity contribution < 1.29 is 9.47 Å². The molecule has 0 spiro atoms. The standard InChI is InChI=1S/C16H25NO2/c1-3-17-16(15-10-5-6-11-19-15)13-8-7-9-14(12-13)18-4-2/h7-9,12,15-17H,3-6,10-11H2,1-2H3. The Morgan fingerprint density at radius 3 is 2.95 bits per heavy atom. The molecule has 0 amide bonds. The van der Waals surface area contributed by atoms with Crippen molar-refractivity contribution in [3.63, 3.8) is 0 Å². The van der Waals surface area contributed by atoms with E-state index in [0.717, 1.165) is 25.3 Å². The minimum absolute atomic E-state index is 0.269. The number of hydrogen-bond donors (Lipinski definition) is 1. The second kappa shape index (κ2) is 7.51. The molecule has 0 aliphatic carbocycles. The molecule has 0 saturated carbocycles. The highest BCUT2D eigenvalue weighted by molar-refractivity contribution is 5.31. The van der Waals surface area contributed by atoms with E-state index < -0.39 is 0 Å². The van der Waals surface area contributed by atoms with Gasteiger partial charge in [0, 0.05) is 6.61 Å². The first-order chi connectivity index (χ1) is 9.35. The molecule has 1 fully saturated rings. The van der Waals surface area contributed by atoms with Gasteiger partial charge in [-0.15, -0.1) is 0 Å². The first-order valence-electron chi connectivity index (χ1n) is 7.43. The van der Waals surface area contributed by atoms with E-state index in [1.54, 1.807) is 0 Å². The molecule has 3 heteroatoms. The van der Waals surface area contributed by atoms with Gasteiger partial charge >= 0.3 is 0 Å². The zero-order valence-corrected chi connectivity index (χ0v) is 12.0. The summed E-state index contributed by atoms with van der Waals surface area (Å²) in [6.45, 7) is 6.69. The summed E-state index contributed by atoms with van der Waals surface area (Å²) in [6.07, 6.45) is 3.87. The van der Waals surface area contributed by atoms with Crippen LogP contribution in [0.3, 0.4) is 0 Å². The van der Waals surface area contributed by atoms with E-state index in [2.05, 4.69) is 30.4 Å². The highest BCUT2D eigenvalue weighted by atomic mass is 16.5. The lowest BCUT2D eigenvalue weighted by atomic mass is 9.95. The summed E-state index contributed by atoms with van der Waals surface area (Å²) in [5.74, 6) is 0.943. The third kappa shape index (κ3) is 3.95. The van der Waals surface area contributed by atoms with Crippen molar-refractivity contribution in [3.8, 4) is 5.75 Å². The van der Waals surface area contributed by atoms with Gasteiger partial charge in [-0.2, -0.15) is 0 Å². The molecular formula is C16H25NO2. The van der Waals surface area contributed by atoms with Gasteiger partial charge in [0.05, 0.1) is 18.8 Å². The number of rotatable bonds is 6. The molecule has 0 radical (unpaired) electrons. The smallest absolute Gasteiger partial charge is 0.119 e. The molecule has 19 heavy (non-hydrogen) atoms. The lowest BCUT2D eigenvalue weighted by Crippen LogP contribution is -2.35. The van der Waals surface area contributed by atoms with Crippen molar-refractivity contribution in [1.29, 1.82) is 0 Å². The van der Waals surface area contributed by atoms with Crippen LogP contribution < -0.4 is 10.1 Å². The monoisotopic (exact) mass is 263 g/mol. The summed E-state index contributed by atoms with van der Waals surface area (Å²) >= 11 is 0. The molecule has 106 valence electrons. The van der Waals surface area contributed by atoms with Crippen LogP contribution in [0, 0.1) is 0 Å². The molecule has 1 N–H and O–H groups in total. The maximum Gasteiger partial charge on any atom is 0.119 e. The fraction of sp³-hybridized carbons (Fsp3) is 0.625. The van der Waals surface area contributed by atoms with Crippen LogP contribution in [-0.4, -0.2) is 25.9 Å². The molecule has 0 bridgehead atoms. The zero-order chi connectivity index (χ0) is 13.5. The topological polar surface area (TPSA) is 30.5 Å². The minimum atomic E-state index is 0.269. The van der Waals surface area contributed by atoms with Crippen LogP contribution in [0.5, 0.6) is 5.75 Å². The summed E-state index contributed by atoms with van der Waals surface area (Å²) in [5, 5.41) is 3.56. The van der Waals surface area contributed by atoms with E-state index in [4.69, 9.17) is 9.47 Å². The van der Waals surface area contributed by atoms with Crippen molar-refractivity contribution in [2.24, 2.45) is 0 Å². The van der Waals surface area contributed by atoms with Crippen LogP contribution in [0.15, 0.2) is 24.3 Å². The van der Waals surface area contributed by atoms with E-state index in [9.17, 15) is 0 Å². The van der Waals surface area contributed by atoms with Crippen molar-refractivity contribution >= 4 is 0 Å². The molecule has 2 atom stereocenters. The number of nitrogens with one attached hydrogen (secondary N) is 1. The van der Waals surface area contributed by atoms with E-state index in [0.29, 0.717) is 6.61 Å². The summed E-state index contributed by atoms with van der Waals surface area (Å²) in [6, 6.07) is 8.64. The quantitative estimate of drug-likeness (QED) is 0.854. The average molecular weight is 263 g/mol. The Labute approximate surface area is 116 Å². The van der Waals surface area contributed by atoms with E-state index >= 15 is 0 Å². The Bertz CT molecular complexity index is 375. The predicted molar refractivity (Wildman–Crippen MR) is 77.6 cm³/mol. The van der Waals surface area contributed by atoms with Gasteiger partial charge in [-0.3, -0.25) is 0 Å². The molecule has 1 aliphatic rings. The summed E-state index contributed by atoms with van der Waals surface area (Å²) in [5.41, 5.74) is 1.26. The molecule has 1 saturated heterocycles. The summed E-state index contributed by atoms with van der Waals surface area (Å²) in [7, 11) is 0. The Balaban J connectivity index is 2.14. The Morgan fingerprint density at radius 2 is 2.26 bits per heavy atom. The maximum absolute atomic E-state index is 5.94. The molecular weight excluding hydrogens is 238 g/mol. The lowest BCUT2D eigenvalue weighted by molar-refractivity contribution is -0.00789. The van der Waals surface area contributed by atoms with E-state index in [1.807, 2.05) is 13.0 Å². The van der Waals surface area contributed by atoms with Crippen LogP contribution >= 0.6 is 0 Å². The predicted octanol–water partition coefficient (Wildman–Crippen LogP) is 3.31. The fourth-order valence-electron chi connectivity index (χ4n) is 2.68. The molecule has 2 unspecified atom stereocenters. The van der Waals surface area contributed by atoms with Gasteiger partial charge in [0.2, 0.25) is 0 Å². The number of ether oxygens (including phenoxy) is 2. The minimum Gasteiger partial charge on any atom is -0.494 e. The van der Waals surface area contributed by atoms with Crippen LogP contribution in [-0.2, 0) is 4.74 Å². The number of benzene rings is 1. The SMILES string of the molecule is CCNC(c1cccc(OCC)c1)C1CCCCO1. The normalized spacial score (nSPS) is 21.1. The van der Waals surface area contributed by atoms with Crippen molar-refractivity contribution in [2.75, 3.05) is 19.8 Å². The van der Waals surface area contributed by atoms with Crippen LogP contribution in [0.25, 0.3) is 0 Å². The summed E-state index contributed by atoms with van der Waals surface area (Å²) < 4.78 is 11.5. The molecule has 1 aromatic rings. The number of likely N-dealkylation sites (N-methyl/N-ethyl adjacent to an activating group) is 1. The van der Waals surface area contributed by atoms with Gasteiger partial charge < -0.3 is 14.8 Å². The van der Waals surface area contributed by atoms with Crippen molar-refractivity contribution in [1.82, 2.24) is 5.32 Å². The highest BCUT2D eigenvalue weighted by Crippen LogP contribution is 2.28. The highest BCUT2D eigenvalue weighted by Gasteiger charge is 2.25. The Morgan fingerprint density at radius 1 is 1.37 bits per heavy atom. The fourth-order valence-corrected chi connectivity index (χ4v) is 2.68. The van der Waals surface area contributed by atoms with Gasteiger partial charge in [0.1, 0.15) is 5.75 Å². The van der Waals surface area contributed by atoms with Crippen LogP contribution in [0.4, 0.5) is 0 Å². The lowest BCUT2D eigenvalue weighted by Gasteiger charge is -2.31. The van der Waals surface area contributed by atoms with Gasteiger partial charge in [-0.1, -0.05) is 19.1 Å². The molecule has 1 aliphatic heterocycles. The summed E-state index contributed by atoms with van der Waals surface area (Å²) in [4.78, 5) is 0. The van der Waals surface area contributed by atoms with E-state index in [-0.39, 0.29) is 12.1 Å². The molecule has 1 heterocycles. The molecule has 2 rings (SSSR count). The first kappa shape index (κ1) is 14.4. The Kier molecular flexibility index (Phi) is 5.67. The Hall–Kier alpha value is -1.06. The second-order valence-electron chi connectivity index (χ2n) is 4.95. The third-order valence-corrected chi connectivity index (χ3v) is 3.54. The molecule has 0 aromatic heterocycles. The van der Waals surface area contributed by atoms with E-state index in [1.165, 1.54) is 18.4 Å². The van der Waals surface area contributed by atoms with Gasteiger partial charge in [0.15, 0.2) is 0 Å². The van der Waals surface area contributed by atoms with Crippen molar-refractivity contribution in [2.45, 2.75) is 45.3 Å². The molecule has 1 aromatic carbocycles. The first-order valence-corrected chi connectivity index (χ1v) is 7.43. The zero-order valence-electron chi connectivity index (χ0n) is 12.0. The number of hydrogen-bond acceptors (Lipinski definition) is 3. The second-order valence-corrected chi connectivity index (χ2v) is 4.95. The molecule has 3 nitrogen and oxygen atoms in total. The van der Waals surface area contributed by atoms with Crippen LogP contribution in [0.2, 0.25) is 0 Å². The van der Waals surface area contributed by atoms with Crippen molar-refractivity contribution in [3.05, 3.63) is 29.8 Å². The largest absolute Gasteiger partial charge is 0.494 e. The average Bonchev–Trinajstić information content (AvgIpc) is 2.46. The third-order valence-electron chi connectivity index (χ3n) is 3.54. The van der Waals surface area contributed by atoms with Gasteiger partial charge in [-0.05, 0) is 50.4 Å². The van der Waals surface area contributed by atoms with Gasteiger partial charge in [0.25, 0.3) is 0 Å². The van der Waals surface area contributed by atoms with Gasteiger partial charge in [-0.25, -0.2) is 0 Å².